The van der Waals surface area contributed by atoms with Crippen LogP contribution in [0.5, 0.6) is 5.75 Å². The van der Waals surface area contributed by atoms with Crippen LogP contribution in [0, 0.1) is 0 Å². The van der Waals surface area contributed by atoms with Crippen molar-refractivity contribution in [2.75, 3.05) is 4.72 Å². The van der Waals surface area contributed by atoms with Gasteiger partial charge in [0.2, 0.25) is 0 Å². The molecule has 1 atom stereocenters. The van der Waals surface area contributed by atoms with Crippen LogP contribution in [0.2, 0.25) is 0 Å². The molecule has 1 heterocycles. The van der Waals surface area contributed by atoms with Crippen molar-refractivity contribution in [3.8, 4) is 5.75 Å². The van der Waals surface area contributed by atoms with E-state index in [2.05, 4.69) is 4.72 Å². The van der Waals surface area contributed by atoms with E-state index >= 15 is 0 Å². The van der Waals surface area contributed by atoms with Gasteiger partial charge in [-0.1, -0.05) is 0 Å². The molecule has 35 heavy (non-hydrogen) atoms. The Balaban J connectivity index is 2.03. The maximum Gasteiger partial charge on any atom is 0.451 e. The minimum Gasteiger partial charge on any atom is -0.508 e. The molecule has 0 saturated carbocycles. The summed E-state index contributed by atoms with van der Waals surface area (Å²) in [4.78, 5) is 35.6. The molecule has 0 saturated heterocycles. The summed E-state index contributed by atoms with van der Waals surface area (Å²) in [5.41, 5.74) is -0.871. The van der Waals surface area contributed by atoms with Crippen LogP contribution >= 0.6 is 0 Å². The fraction of sp³-hybridized carbons (Fsp3) is 0.286. The monoisotopic (exact) mass is 516 g/mol. The summed E-state index contributed by atoms with van der Waals surface area (Å²) in [6.45, 7) is 2.70. The summed E-state index contributed by atoms with van der Waals surface area (Å²) in [7, 11) is -2.96. The summed E-state index contributed by atoms with van der Waals surface area (Å²) in [6, 6.07) is 6.11. The van der Waals surface area contributed by atoms with Gasteiger partial charge in [-0.15, -0.1) is 0 Å². The third-order valence-corrected chi connectivity index (χ3v) is 6.17. The molecule has 0 radical (unpaired) electrons. The minimum atomic E-state index is -5.45. The third kappa shape index (κ3) is 5.31. The Hall–Kier alpha value is -3.81. The first-order valence-electron chi connectivity index (χ1n) is 9.88. The van der Waals surface area contributed by atoms with Crippen LogP contribution in [-0.2, 0) is 31.4 Å². The quantitative estimate of drug-likeness (QED) is 0.277. The lowest BCUT2D eigenvalue weighted by atomic mass is 9.93. The van der Waals surface area contributed by atoms with Crippen LogP contribution in [0.4, 0.5) is 18.9 Å². The number of aromatic hydroxyl groups is 1. The predicted molar refractivity (Wildman–Crippen MR) is 115 cm³/mol. The number of nitrogens with zero attached hydrogens (tertiary/aromatic N) is 1. The summed E-state index contributed by atoms with van der Waals surface area (Å²) in [5, 5.41) is 10.1. The molecule has 0 bridgehead atoms. The van der Waals surface area contributed by atoms with Gasteiger partial charge in [-0.05, 0) is 44.2 Å². The summed E-state index contributed by atoms with van der Waals surface area (Å²) in [5.74, 6) is -8.23. The van der Waals surface area contributed by atoms with Gasteiger partial charge in [0, 0.05) is 24.4 Å². The van der Waals surface area contributed by atoms with E-state index in [9.17, 15) is 41.1 Å². The number of sulfonamides is 1. The third-order valence-electron chi connectivity index (χ3n) is 4.79. The standard InChI is InChI=1S/C21H19F3N2O8S/c1-10(2)33-19(29)17(18(28)21(22,23)24)13-8-11(4-7-15(13)27)25-35(31,32)12-5-6-14-16(9-12)34-20(30)26(14)3/h4-10,17,25,27H,1-3H3/t17-/m0/s1. The average Bonchev–Trinajstić information content (AvgIpc) is 3.02. The minimum absolute atomic E-state index is 0.0287. The molecule has 3 aromatic rings. The number of rotatable bonds is 7. The van der Waals surface area contributed by atoms with Crippen molar-refractivity contribution in [3.63, 3.8) is 0 Å². The number of phenolic OH excluding ortho intramolecular Hbond substituents is 1. The lowest BCUT2D eigenvalue weighted by Crippen LogP contribution is -2.35. The highest BCUT2D eigenvalue weighted by atomic mass is 32.2. The summed E-state index contributed by atoms with van der Waals surface area (Å²) >= 11 is 0. The molecular weight excluding hydrogens is 497 g/mol. The number of aromatic nitrogens is 1. The molecular formula is C21H19F3N2O8S. The molecule has 14 heteroatoms. The number of phenols is 1. The number of carbonyl (C=O) groups excluding carboxylic acids is 2. The number of ether oxygens (including phenoxy) is 1. The highest BCUT2D eigenvalue weighted by Crippen LogP contribution is 2.36. The second kappa shape index (κ2) is 9.09. The number of nitrogens with one attached hydrogen (secondary N) is 1. The molecule has 3 rings (SSSR count). The maximum absolute atomic E-state index is 13.2. The van der Waals surface area contributed by atoms with Gasteiger partial charge in [-0.25, -0.2) is 13.2 Å². The second-order valence-corrected chi connectivity index (χ2v) is 9.40. The van der Waals surface area contributed by atoms with E-state index in [1.54, 1.807) is 0 Å². The number of esters is 1. The van der Waals surface area contributed by atoms with E-state index in [1.807, 2.05) is 0 Å². The molecule has 0 aliphatic rings. The zero-order valence-electron chi connectivity index (χ0n) is 18.4. The highest BCUT2D eigenvalue weighted by Gasteiger charge is 2.48. The van der Waals surface area contributed by atoms with Gasteiger partial charge in [0.15, 0.2) is 11.5 Å². The number of hydrogen-bond acceptors (Lipinski definition) is 8. The van der Waals surface area contributed by atoms with Crippen LogP contribution in [0.15, 0.2) is 50.5 Å². The summed E-state index contributed by atoms with van der Waals surface area (Å²) < 4.78 is 78.2. The Kier molecular flexibility index (Phi) is 6.70. The van der Waals surface area contributed by atoms with Crippen molar-refractivity contribution >= 4 is 38.6 Å². The molecule has 0 amide bonds. The molecule has 0 unspecified atom stereocenters. The van der Waals surface area contributed by atoms with Gasteiger partial charge >= 0.3 is 17.9 Å². The van der Waals surface area contributed by atoms with Crippen molar-refractivity contribution in [2.24, 2.45) is 7.05 Å². The Morgan fingerprint density at radius 2 is 1.80 bits per heavy atom. The van der Waals surface area contributed by atoms with Crippen molar-refractivity contribution in [2.45, 2.75) is 36.9 Å². The van der Waals surface area contributed by atoms with Gasteiger partial charge in [0.1, 0.15) is 5.75 Å². The number of aryl methyl sites for hydroxylation is 1. The van der Waals surface area contributed by atoms with Gasteiger partial charge < -0.3 is 14.3 Å². The molecule has 2 N–H and O–H groups in total. The molecule has 1 aromatic heterocycles. The van der Waals surface area contributed by atoms with E-state index in [1.165, 1.54) is 27.0 Å². The number of benzene rings is 2. The van der Waals surface area contributed by atoms with E-state index in [0.717, 1.165) is 34.9 Å². The SMILES string of the molecule is CC(C)OC(=O)[C@H](C(=O)C(F)(F)F)c1cc(NS(=O)(=O)c2ccc3c(c2)oc(=O)n3C)ccc1O. The molecule has 0 spiro atoms. The number of carbonyl (C=O) groups is 2. The Morgan fingerprint density at radius 1 is 1.14 bits per heavy atom. The van der Waals surface area contributed by atoms with Gasteiger partial charge in [0.25, 0.3) is 15.8 Å². The fourth-order valence-corrected chi connectivity index (χ4v) is 4.25. The number of hydrogen-bond donors (Lipinski definition) is 2. The number of anilines is 1. The first-order chi connectivity index (χ1) is 16.1. The smallest absolute Gasteiger partial charge is 0.451 e. The zero-order valence-corrected chi connectivity index (χ0v) is 19.2. The maximum atomic E-state index is 13.2. The lowest BCUT2D eigenvalue weighted by molar-refractivity contribution is -0.178. The molecule has 0 fully saturated rings. The summed E-state index contributed by atoms with van der Waals surface area (Å²) in [6.07, 6.45) is -6.32. The highest BCUT2D eigenvalue weighted by molar-refractivity contribution is 7.92. The number of Topliss-reactive ketones (excluding diaryl/α,β-unsaturated/α-hetero) is 1. The molecule has 10 nitrogen and oxygen atoms in total. The van der Waals surface area contributed by atoms with Crippen LogP contribution in [-0.4, -0.2) is 42.1 Å². The Morgan fingerprint density at radius 3 is 2.40 bits per heavy atom. The number of oxazole rings is 1. The average molecular weight is 516 g/mol. The van der Waals surface area contributed by atoms with Crippen molar-refractivity contribution in [1.29, 1.82) is 0 Å². The van der Waals surface area contributed by atoms with E-state index in [-0.39, 0.29) is 16.2 Å². The topological polar surface area (TPSA) is 145 Å². The largest absolute Gasteiger partial charge is 0.508 e. The first kappa shape index (κ1) is 25.8. The number of alkyl halides is 3. The van der Waals surface area contributed by atoms with Gasteiger partial charge in [-0.3, -0.25) is 18.9 Å². The van der Waals surface area contributed by atoms with Crippen LogP contribution in [0.3, 0.4) is 0 Å². The van der Waals surface area contributed by atoms with E-state index < -0.39 is 57.0 Å². The first-order valence-corrected chi connectivity index (χ1v) is 11.4. The van der Waals surface area contributed by atoms with E-state index in [4.69, 9.17) is 9.15 Å². The zero-order chi connectivity index (χ0) is 26.3. The van der Waals surface area contributed by atoms with Crippen LogP contribution in [0.1, 0.15) is 25.3 Å². The number of halogens is 3. The van der Waals surface area contributed by atoms with Crippen molar-refractivity contribution in [3.05, 3.63) is 52.5 Å². The van der Waals surface area contributed by atoms with Gasteiger partial charge in [-0.2, -0.15) is 13.2 Å². The van der Waals surface area contributed by atoms with Crippen LogP contribution in [0.25, 0.3) is 11.1 Å². The lowest BCUT2D eigenvalue weighted by Gasteiger charge is -2.20. The molecule has 188 valence electrons. The molecule has 0 aliphatic heterocycles. The van der Waals surface area contributed by atoms with Crippen LogP contribution < -0.4 is 10.5 Å². The predicted octanol–water partition coefficient (Wildman–Crippen LogP) is 2.80. The van der Waals surface area contributed by atoms with E-state index in [0.29, 0.717) is 5.52 Å². The number of ketones is 1. The van der Waals surface area contributed by atoms with Gasteiger partial charge in [0.05, 0.1) is 16.5 Å². The second-order valence-electron chi connectivity index (χ2n) is 7.72. The molecule has 0 aliphatic carbocycles. The number of fused-ring (bicyclic) bond motifs is 1. The normalized spacial score (nSPS) is 13.1. The fourth-order valence-electron chi connectivity index (χ4n) is 3.18. The molecule has 2 aromatic carbocycles. The van der Waals surface area contributed by atoms with Crippen molar-refractivity contribution < 1.29 is 45.4 Å². The Labute approximate surface area is 196 Å². The Bertz CT molecular complexity index is 1470. The van der Waals surface area contributed by atoms with Crippen molar-refractivity contribution in [1.82, 2.24) is 4.57 Å².